The average Bonchev–Trinajstić information content (AvgIpc) is 3.13. The third-order valence-electron chi connectivity index (χ3n) is 3.67. The van der Waals surface area contributed by atoms with Crippen LogP contribution in [0.1, 0.15) is 0 Å². The van der Waals surface area contributed by atoms with Crippen molar-refractivity contribution in [1.29, 1.82) is 0 Å². The van der Waals surface area contributed by atoms with Gasteiger partial charge in [0.2, 0.25) is 0 Å². The van der Waals surface area contributed by atoms with Crippen LogP contribution in [0.3, 0.4) is 0 Å². The van der Waals surface area contributed by atoms with E-state index in [1.54, 1.807) is 0 Å². The maximum Gasteiger partial charge on any atom is 0 e. The fraction of sp³-hybridized carbons (Fsp3) is 0. The van der Waals surface area contributed by atoms with Crippen LogP contribution in [0.5, 0.6) is 0 Å². The summed E-state index contributed by atoms with van der Waals surface area (Å²) in [4.78, 5) is 0. The molecule has 0 N–H and O–H groups in total. The summed E-state index contributed by atoms with van der Waals surface area (Å²) in [6.07, 6.45) is 1.50. The van der Waals surface area contributed by atoms with E-state index in [0.29, 0.717) is 0 Å². The molecule has 0 aliphatic carbocycles. The van der Waals surface area contributed by atoms with Gasteiger partial charge in [0, 0.05) is 34.1 Å². The van der Waals surface area contributed by atoms with E-state index in [2.05, 4.69) is 181 Å². The first-order valence-corrected chi connectivity index (χ1v) is 12.9. The third-order valence-corrected chi connectivity index (χ3v) is 6.16. The minimum atomic E-state index is 0. The predicted molar refractivity (Wildman–Crippen MR) is 164 cm³/mol. The van der Waals surface area contributed by atoms with Crippen molar-refractivity contribution in [3.8, 4) is 0 Å². The van der Waals surface area contributed by atoms with Crippen LogP contribution in [0.4, 0.5) is 0 Å². The van der Waals surface area contributed by atoms with Crippen LogP contribution in [-0.2, 0) is 66.7 Å². The first-order chi connectivity index (χ1) is 21.3. The van der Waals surface area contributed by atoms with Gasteiger partial charge in [0.05, 0.1) is 0 Å². The summed E-state index contributed by atoms with van der Waals surface area (Å²) in [5, 5.41) is 5.59. The van der Waals surface area contributed by atoms with Gasteiger partial charge in [-0.3, -0.25) is 0 Å². The van der Waals surface area contributed by atoms with Gasteiger partial charge in [0.15, 0.2) is 0 Å². The van der Waals surface area contributed by atoms with Crippen molar-refractivity contribution in [2.24, 2.45) is 0 Å². The van der Waals surface area contributed by atoms with Crippen molar-refractivity contribution in [3.63, 3.8) is 0 Å². The molecule has 0 heterocycles. The molecule has 11 heteroatoms. The molecule has 0 aliphatic rings. The van der Waals surface area contributed by atoms with Crippen LogP contribution < -0.4 is 21.2 Å². The molecule has 0 aromatic heterocycles. The zero-order valence-corrected chi connectivity index (χ0v) is 28.0. The molecule has 229 valence electrons. The molecule has 0 spiro atoms. The Morgan fingerprint density at radius 2 is 0.467 bits per heavy atom. The zero-order chi connectivity index (χ0) is 34.6. The quantitative estimate of drug-likeness (QED) is 0.116. The molecular formula is C34H27Mn2O7P2. The molecule has 0 saturated heterocycles. The number of benzene rings is 4. The molecule has 4 aromatic carbocycles. The molecule has 0 fully saturated rings. The molecule has 0 aliphatic heterocycles. The van der Waals surface area contributed by atoms with E-state index in [-0.39, 0.29) is 34.1 Å². The molecule has 7 nitrogen and oxygen atoms in total. The SMILES string of the molecule is [C-]#[O+].[C-]#[O+].[C-]#[O+].[C-]#[O+].[C-]#[O+].[C-]#[O+].[C-]#[O+].[CH2]C=C.[Mn].[Mn].c1ccc(Pc2ccccc2)cc1.c1ccc(Pc2ccccc2)cc1. The van der Waals surface area contributed by atoms with E-state index < -0.39 is 0 Å². The molecule has 4 aromatic rings. The van der Waals surface area contributed by atoms with E-state index in [1.165, 1.54) is 27.3 Å². The molecule has 0 bridgehead atoms. The third kappa shape index (κ3) is 45.3. The number of hydrogen-bond donors (Lipinski definition) is 0. The molecule has 0 unspecified atom stereocenters. The van der Waals surface area contributed by atoms with Crippen molar-refractivity contribution >= 4 is 38.4 Å². The molecule has 0 saturated carbocycles. The van der Waals surface area contributed by atoms with Crippen molar-refractivity contribution in [1.82, 2.24) is 0 Å². The first kappa shape index (κ1) is 60.8. The van der Waals surface area contributed by atoms with Gasteiger partial charge in [-0.1, -0.05) is 145 Å². The van der Waals surface area contributed by atoms with Crippen LogP contribution in [0.15, 0.2) is 134 Å². The van der Waals surface area contributed by atoms with Crippen LogP contribution >= 0.6 is 17.2 Å². The first-order valence-electron chi connectivity index (χ1n) is 10.9. The summed E-state index contributed by atoms with van der Waals surface area (Å²) < 4.78 is 52.5. The summed E-state index contributed by atoms with van der Waals surface area (Å²) >= 11 is 0. The van der Waals surface area contributed by atoms with Gasteiger partial charge in [-0.15, -0.1) is 6.58 Å². The van der Waals surface area contributed by atoms with Gasteiger partial charge >= 0.3 is 79.1 Å². The summed E-state index contributed by atoms with van der Waals surface area (Å²) in [7, 11) is 1.55. The Morgan fingerprint density at radius 1 is 0.356 bits per heavy atom. The van der Waals surface area contributed by atoms with Crippen LogP contribution in [0.2, 0.25) is 0 Å². The number of allylic oxidation sites excluding steroid dienone is 1. The van der Waals surface area contributed by atoms with Crippen molar-refractivity contribution in [2.75, 3.05) is 0 Å². The van der Waals surface area contributed by atoms with Gasteiger partial charge < -0.3 is 0 Å². The largest absolute Gasteiger partial charge is 0.103 e. The summed E-state index contributed by atoms with van der Waals surface area (Å²) in [5.74, 6) is 0. The molecular weight excluding hydrogens is 692 g/mol. The second-order valence-corrected chi connectivity index (χ2v) is 8.81. The van der Waals surface area contributed by atoms with Crippen molar-refractivity contribution < 1.29 is 66.7 Å². The Morgan fingerprint density at radius 3 is 0.578 bits per heavy atom. The molecule has 4 rings (SSSR count). The van der Waals surface area contributed by atoms with Crippen molar-refractivity contribution in [2.45, 2.75) is 0 Å². The van der Waals surface area contributed by atoms with Gasteiger partial charge in [-0.25, -0.2) is 0 Å². The summed E-state index contributed by atoms with van der Waals surface area (Å²) in [5.41, 5.74) is 0. The normalized spacial score (nSPS) is 6.29. The molecule has 0 atom stereocenters. The molecule has 3 radical (unpaired) electrons. The maximum absolute atomic E-state index is 7.50. The zero-order valence-electron chi connectivity index (χ0n) is 23.7. The van der Waals surface area contributed by atoms with Gasteiger partial charge in [0.1, 0.15) is 0 Å². The predicted octanol–water partition coefficient (Wildman–Crippen LogP) is 5.37. The van der Waals surface area contributed by atoms with Gasteiger partial charge in [-0.05, 0) is 28.1 Å². The summed E-state index contributed by atoms with van der Waals surface area (Å²) in [6, 6.07) is 42.3. The van der Waals surface area contributed by atoms with Crippen LogP contribution in [0.25, 0.3) is 0 Å². The number of hydrogen-bond acceptors (Lipinski definition) is 0. The smallest absolute Gasteiger partial charge is 0 e. The van der Waals surface area contributed by atoms with Crippen molar-refractivity contribution in [3.05, 3.63) is 187 Å². The molecule has 0 amide bonds. The standard InChI is InChI=1S/2C12H11P.C3H5.7CO.2Mn/c2*1-3-7-11(8-4-1)13-12-9-5-2-6-10-12;1-3-2;7*1-2;;/h2*1-10,13H;3H,1-2H2;;;;;;;;;. The number of rotatable bonds is 4. The van der Waals surface area contributed by atoms with E-state index in [0.717, 1.165) is 17.2 Å². The minimum Gasteiger partial charge on any atom is -0.103 e. The van der Waals surface area contributed by atoms with Gasteiger partial charge in [0.25, 0.3) is 0 Å². The Hall–Kier alpha value is -3.30. The monoisotopic (exact) mass is 719 g/mol. The molecule has 45 heavy (non-hydrogen) atoms. The Kier molecular flexibility index (Phi) is 86.3. The topological polar surface area (TPSA) is 139 Å². The Bertz CT molecular complexity index is 1030. The minimum absolute atomic E-state index is 0. The fourth-order valence-corrected chi connectivity index (χ4v) is 4.52. The average molecular weight is 719 g/mol. The fourth-order valence-electron chi connectivity index (χ4n) is 2.42. The van der Waals surface area contributed by atoms with E-state index >= 15 is 0 Å². The maximum atomic E-state index is 7.50. The van der Waals surface area contributed by atoms with E-state index in [9.17, 15) is 0 Å². The summed E-state index contributed by atoms with van der Waals surface area (Å²) in [6.45, 7) is 38.0. The van der Waals surface area contributed by atoms with Gasteiger partial charge in [-0.2, -0.15) is 0 Å². The van der Waals surface area contributed by atoms with E-state index in [4.69, 9.17) is 32.6 Å². The Labute approximate surface area is 291 Å². The van der Waals surface area contributed by atoms with Crippen LogP contribution in [-0.4, -0.2) is 0 Å². The van der Waals surface area contributed by atoms with Crippen LogP contribution in [0, 0.1) is 53.5 Å². The second-order valence-electron chi connectivity index (χ2n) is 6.00. The van der Waals surface area contributed by atoms with E-state index in [1.807, 2.05) is 0 Å². The Balaban J connectivity index is -0.0000000669. The second kappa shape index (κ2) is 63.8.